The van der Waals surface area contributed by atoms with Gasteiger partial charge in [0, 0.05) is 27.9 Å². The Kier molecular flexibility index (Phi) is 6.80. The minimum atomic E-state index is -4.21. The minimum Gasteiger partial charge on any atom is -0.468 e. The number of fused-ring (bicyclic) bond motifs is 1. The largest absolute Gasteiger partial charge is 0.513 e. The van der Waals surface area contributed by atoms with Gasteiger partial charge in [-0.2, -0.15) is 5.09 Å². The number of hydrogen-bond acceptors (Lipinski definition) is 7. The molecule has 9 nitrogen and oxygen atoms in total. The van der Waals surface area contributed by atoms with Crippen molar-refractivity contribution in [3.8, 4) is 11.5 Å². The molecular weight excluding hydrogens is 447 g/mol. The topological polar surface area (TPSA) is 117 Å². The molecule has 162 valence electrons. The summed E-state index contributed by atoms with van der Waals surface area (Å²) in [6, 6.07) is 14.1. The third-order valence-electron chi connectivity index (χ3n) is 4.23. The Bertz CT molecular complexity index is 1170. The Morgan fingerprint density at radius 2 is 1.71 bits per heavy atom. The van der Waals surface area contributed by atoms with Gasteiger partial charge in [0.15, 0.2) is 0 Å². The number of nitrogens with one attached hydrogen (secondary N) is 1. The maximum atomic E-state index is 13.6. The number of nitro groups is 1. The van der Waals surface area contributed by atoms with Crippen LogP contribution in [0.2, 0.25) is 5.02 Å². The molecule has 0 bridgehead atoms. The maximum absolute atomic E-state index is 13.6. The number of rotatable bonds is 8. The van der Waals surface area contributed by atoms with Crippen molar-refractivity contribution in [3.05, 3.63) is 75.8 Å². The molecule has 31 heavy (non-hydrogen) atoms. The SMILES string of the molecule is COC(=O)[C@H](C)NP(=O)(Oc1ccc([N+](=O)[O-])cc1)Oc1ccc(Cl)c2ccccc12. The molecule has 1 unspecified atom stereocenters. The second-order valence-electron chi connectivity index (χ2n) is 6.40. The van der Waals surface area contributed by atoms with E-state index in [2.05, 4.69) is 9.82 Å². The van der Waals surface area contributed by atoms with E-state index in [1.165, 1.54) is 44.4 Å². The van der Waals surface area contributed by atoms with E-state index in [1.54, 1.807) is 30.3 Å². The zero-order chi connectivity index (χ0) is 22.6. The van der Waals surface area contributed by atoms with E-state index in [1.807, 2.05) is 0 Å². The first-order chi connectivity index (χ1) is 14.7. The van der Waals surface area contributed by atoms with Crippen molar-refractivity contribution >= 4 is 41.8 Å². The summed E-state index contributed by atoms with van der Waals surface area (Å²) < 4.78 is 29.5. The van der Waals surface area contributed by atoms with Gasteiger partial charge in [0.05, 0.1) is 12.0 Å². The van der Waals surface area contributed by atoms with E-state index in [0.717, 1.165) is 0 Å². The van der Waals surface area contributed by atoms with Gasteiger partial charge in [-0.15, -0.1) is 0 Å². The molecule has 11 heteroatoms. The first-order valence-electron chi connectivity index (χ1n) is 8.99. The number of ether oxygens (including phenoxy) is 1. The van der Waals surface area contributed by atoms with Gasteiger partial charge in [-0.05, 0) is 31.2 Å². The van der Waals surface area contributed by atoms with Crippen LogP contribution in [0.4, 0.5) is 5.69 Å². The molecule has 0 fully saturated rings. The number of benzene rings is 3. The molecule has 0 radical (unpaired) electrons. The summed E-state index contributed by atoms with van der Waals surface area (Å²) in [5, 5.41) is 15.1. The van der Waals surface area contributed by atoms with E-state index in [0.29, 0.717) is 15.8 Å². The Labute approximate surface area is 182 Å². The van der Waals surface area contributed by atoms with Crippen LogP contribution in [-0.2, 0) is 14.1 Å². The summed E-state index contributed by atoms with van der Waals surface area (Å²) in [6.07, 6.45) is 0. The average Bonchev–Trinajstić information content (AvgIpc) is 2.75. The quantitative estimate of drug-likeness (QED) is 0.211. The predicted molar refractivity (Wildman–Crippen MR) is 116 cm³/mol. The third-order valence-corrected chi connectivity index (χ3v) is 6.15. The first kappa shape index (κ1) is 22.6. The lowest BCUT2D eigenvalue weighted by molar-refractivity contribution is -0.384. The number of hydrogen-bond donors (Lipinski definition) is 1. The number of non-ortho nitro benzene ring substituents is 1. The molecule has 0 saturated heterocycles. The van der Waals surface area contributed by atoms with Crippen molar-refractivity contribution in [3.63, 3.8) is 0 Å². The summed E-state index contributed by atoms with van der Waals surface area (Å²) in [6.45, 7) is 1.43. The van der Waals surface area contributed by atoms with Crippen molar-refractivity contribution in [1.82, 2.24) is 5.09 Å². The van der Waals surface area contributed by atoms with Crippen LogP contribution in [0.15, 0.2) is 60.7 Å². The number of halogens is 1. The molecule has 0 aliphatic carbocycles. The monoisotopic (exact) mass is 464 g/mol. The highest BCUT2D eigenvalue weighted by Gasteiger charge is 2.34. The van der Waals surface area contributed by atoms with Crippen molar-refractivity contribution in [2.75, 3.05) is 7.11 Å². The van der Waals surface area contributed by atoms with Gasteiger partial charge in [0.2, 0.25) is 0 Å². The fourth-order valence-corrected chi connectivity index (χ4v) is 4.52. The highest BCUT2D eigenvalue weighted by molar-refractivity contribution is 7.52. The Hall–Kier alpha value is -3.13. The first-order valence-corrected chi connectivity index (χ1v) is 10.9. The second-order valence-corrected chi connectivity index (χ2v) is 8.42. The maximum Gasteiger partial charge on any atom is 0.513 e. The molecular formula is C20H18ClN2O7P. The van der Waals surface area contributed by atoms with Crippen molar-refractivity contribution in [2.45, 2.75) is 13.0 Å². The number of methoxy groups -OCH3 is 1. The molecule has 0 spiro atoms. The fourth-order valence-electron chi connectivity index (χ4n) is 2.75. The smallest absolute Gasteiger partial charge is 0.468 e. The molecule has 3 aromatic rings. The fraction of sp³-hybridized carbons (Fsp3) is 0.150. The number of carbonyl (C=O) groups is 1. The summed E-state index contributed by atoms with van der Waals surface area (Å²) in [4.78, 5) is 22.1. The second kappa shape index (κ2) is 9.34. The van der Waals surface area contributed by atoms with E-state index in [4.69, 9.17) is 20.6 Å². The van der Waals surface area contributed by atoms with Crippen molar-refractivity contribution in [2.24, 2.45) is 0 Å². The Balaban J connectivity index is 1.98. The lowest BCUT2D eigenvalue weighted by Gasteiger charge is -2.23. The molecule has 1 N–H and O–H groups in total. The molecule has 2 atom stereocenters. The van der Waals surface area contributed by atoms with Crippen LogP contribution in [0, 0.1) is 10.1 Å². The van der Waals surface area contributed by atoms with Crippen LogP contribution >= 0.6 is 19.3 Å². The van der Waals surface area contributed by atoms with E-state index >= 15 is 0 Å². The van der Waals surface area contributed by atoms with Gasteiger partial charge in [-0.3, -0.25) is 14.9 Å². The van der Waals surface area contributed by atoms with Gasteiger partial charge in [-0.1, -0.05) is 35.9 Å². The molecule has 3 rings (SSSR count). The molecule has 0 amide bonds. The highest BCUT2D eigenvalue weighted by atomic mass is 35.5. The Morgan fingerprint density at radius 3 is 2.32 bits per heavy atom. The standard InChI is InChI=1S/C20H18ClN2O7P/c1-13(20(24)28-2)22-31(27,29-15-9-7-14(8-10-15)23(25)26)30-19-12-11-18(21)16-5-3-4-6-17(16)19/h3-13H,1-2H3,(H,22,27)/t13-,31?/m0/s1. The molecule has 0 saturated carbocycles. The van der Waals surface area contributed by atoms with Crippen LogP contribution in [0.5, 0.6) is 11.5 Å². The number of carbonyl (C=O) groups excluding carboxylic acids is 1. The Morgan fingerprint density at radius 1 is 1.06 bits per heavy atom. The predicted octanol–water partition coefficient (Wildman–Crippen LogP) is 5.12. The third kappa shape index (κ3) is 5.32. The summed E-state index contributed by atoms with van der Waals surface area (Å²) in [7, 11) is -3.02. The molecule has 0 aliphatic heterocycles. The van der Waals surface area contributed by atoms with E-state index in [9.17, 15) is 19.5 Å². The van der Waals surface area contributed by atoms with Crippen molar-refractivity contribution in [1.29, 1.82) is 0 Å². The average molecular weight is 465 g/mol. The summed E-state index contributed by atoms with van der Waals surface area (Å²) in [5.41, 5.74) is -0.164. The summed E-state index contributed by atoms with van der Waals surface area (Å²) in [5.74, 6) is -0.441. The zero-order valence-corrected chi connectivity index (χ0v) is 18.1. The van der Waals surface area contributed by atoms with E-state index in [-0.39, 0.29) is 17.2 Å². The van der Waals surface area contributed by atoms with Crippen LogP contribution < -0.4 is 14.1 Å². The van der Waals surface area contributed by atoms with Crippen LogP contribution in [0.3, 0.4) is 0 Å². The normalized spacial score (nSPS) is 13.8. The minimum absolute atomic E-state index is 0.0387. The number of esters is 1. The lowest BCUT2D eigenvalue weighted by atomic mass is 10.1. The molecule has 0 heterocycles. The van der Waals surface area contributed by atoms with E-state index < -0.39 is 24.7 Å². The number of nitrogens with zero attached hydrogens (tertiary/aromatic N) is 1. The number of nitro benzene ring substituents is 1. The molecule has 0 aromatic heterocycles. The van der Waals surface area contributed by atoms with Gasteiger partial charge in [0.1, 0.15) is 17.5 Å². The zero-order valence-electron chi connectivity index (χ0n) is 16.5. The lowest BCUT2D eigenvalue weighted by Crippen LogP contribution is -2.35. The van der Waals surface area contributed by atoms with Gasteiger partial charge in [-0.25, -0.2) is 4.57 Å². The van der Waals surface area contributed by atoms with Gasteiger partial charge in [0.25, 0.3) is 5.69 Å². The van der Waals surface area contributed by atoms with Crippen LogP contribution in [0.25, 0.3) is 10.8 Å². The summed E-state index contributed by atoms with van der Waals surface area (Å²) >= 11 is 6.23. The highest BCUT2D eigenvalue weighted by Crippen LogP contribution is 2.47. The molecule has 3 aromatic carbocycles. The van der Waals surface area contributed by atoms with Crippen molar-refractivity contribution < 1.29 is 28.1 Å². The van der Waals surface area contributed by atoms with Gasteiger partial charge >= 0.3 is 13.7 Å². The van der Waals surface area contributed by atoms with Crippen LogP contribution in [-0.4, -0.2) is 24.0 Å². The molecule has 0 aliphatic rings. The van der Waals surface area contributed by atoms with Gasteiger partial charge < -0.3 is 13.8 Å². The van der Waals surface area contributed by atoms with Crippen LogP contribution in [0.1, 0.15) is 6.92 Å².